The maximum atomic E-state index is 10.9. The second-order valence-corrected chi connectivity index (χ2v) is 3.50. The van der Waals surface area contributed by atoms with Crippen LogP contribution < -0.4 is 0 Å². The first-order chi connectivity index (χ1) is 6.25. The van der Waals surface area contributed by atoms with E-state index in [4.69, 9.17) is 5.11 Å². The second kappa shape index (κ2) is 4.85. The van der Waals surface area contributed by atoms with Crippen LogP contribution in [0.4, 0.5) is 0 Å². The van der Waals surface area contributed by atoms with E-state index in [1.165, 1.54) is 6.42 Å². The van der Waals surface area contributed by atoms with Gasteiger partial charge in [0.25, 0.3) is 0 Å². The van der Waals surface area contributed by atoms with Crippen LogP contribution in [-0.2, 0) is 4.79 Å². The Balaban J connectivity index is 2.68. The Kier molecular flexibility index (Phi) is 3.74. The first kappa shape index (κ1) is 10.0. The molecule has 0 unspecified atom stereocenters. The first-order valence-electron chi connectivity index (χ1n) is 4.81. The molecule has 0 aromatic heterocycles. The van der Waals surface area contributed by atoms with Crippen LogP contribution in [0, 0.1) is 5.92 Å². The van der Waals surface area contributed by atoms with Gasteiger partial charge >= 0.3 is 5.97 Å². The third kappa shape index (κ3) is 2.72. The van der Waals surface area contributed by atoms with Crippen molar-refractivity contribution < 1.29 is 9.90 Å². The summed E-state index contributed by atoms with van der Waals surface area (Å²) in [5.41, 5.74) is 0.537. The lowest BCUT2D eigenvalue weighted by molar-refractivity contribution is -0.133. The summed E-state index contributed by atoms with van der Waals surface area (Å²) in [7, 11) is 0. The third-order valence-electron chi connectivity index (χ3n) is 2.59. The van der Waals surface area contributed by atoms with Gasteiger partial charge in [0.15, 0.2) is 0 Å². The van der Waals surface area contributed by atoms with E-state index in [0.717, 1.165) is 25.7 Å². The number of hydrogen-bond donors (Lipinski definition) is 1. The summed E-state index contributed by atoms with van der Waals surface area (Å²) in [5.74, 6) is -0.531. The van der Waals surface area contributed by atoms with Crippen LogP contribution in [0.3, 0.4) is 0 Å². The summed E-state index contributed by atoms with van der Waals surface area (Å²) in [4.78, 5) is 10.9. The molecule has 1 saturated carbocycles. The highest BCUT2D eigenvalue weighted by atomic mass is 16.4. The number of carboxylic acid groups (broad SMARTS) is 1. The van der Waals surface area contributed by atoms with Crippen LogP contribution in [0.15, 0.2) is 24.3 Å². The fourth-order valence-corrected chi connectivity index (χ4v) is 1.92. The van der Waals surface area contributed by atoms with Gasteiger partial charge in [0.2, 0.25) is 0 Å². The third-order valence-corrected chi connectivity index (χ3v) is 2.59. The Morgan fingerprint density at radius 2 is 1.92 bits per heavy atom. The number of rotatable bonds is 3. The minimum atomic E-state index is -0.785. The van der Waals surface area contributed by atoms with Crippen molar-refractivity contribution in [2.45, 2.75) is 32.1 Å². The summed E-state index contributed by atoms with van der Waals surface area (Å²) in [6.45, 7) is 3.54. The Hall–Kier alpha value is -1.05. The molecule has 0 amide bonds. The Bertz CT molecular complexity index is 222. The lowest BCUT2D eigenvalue weighted by Gasteiger charge is -2.21. The summed E-state index contributed by atoms with van der Waals surface area (Å²) >= 11 is 0. The molecule has 72 valence electrons. The molecule has 1 aliphatic carbocycles. The van der Waals surface area contributed by atoms with Crippen LogP contribution in [0.25, 0.3) is 0 Å². The minimum Gasteiger partial charge on any atom is -0.478 e. The number of carboxylic acids is 1. The van der Waals surface area contributed by atoms with Crippen LogP contribution in [-0.4, -0.2) is 11.1 Å². The van der Waals surface area contributed by atoms with Crippen molar-refractivity contribution in [1.82, 2.24) is 0 Å². The molecule has 0 aromatic rings. The fourth-order valence-electron chi connectivity index (χ4n) is 1.92. The molecule has 0 atom stereocenters. The van der Waals surface area contributed by atoms with Crippen molar-refractivity contribution >= 4 is 5.97 Å². The van der Waals surface area contributed by atoms with Gasteiger partial charge in [-0.05, 0) is 18.8 Å². The van der Waals surface area contributed by atoms with Gasteiger partial charge in [-0.1, -0.05) is 38.0 Å². The van der Waals surface area contributed by atoms with Gasteiger partial charge in [-0.2, -0.15) is 0 Å². The van der Waals surface area contributed by atoms with E-state index in [9.17, 15) is 4.79 Å². The topological polar surface area (TPSA) is 37.3 Å². The normalized spacial score (nSPS) is 19.8. The van der Waals surface area contributed by atoms with Crippen molar-refractivity contribution in [3.8, 4) is 0 Å². The van der Waals surface area contributed by atoms with E-state index in [-0.39, 0.29) is 5.92 Å². The SMILES string of the molecule is C=CC=C(C(=O)O)C1CCCCC1. The van der Waals surface area contributed by atoms with Gasteiger partial charge in [0.05, 0.1) is 0 Å². The van der Waals surface area contributed by atoms with E-state index >= 15 is 0 Å². The largest absolute Gasteiger partial charge is 0.478 e. The molecular weight excluding hydrogens is 164 g/mol. The number of aliphatic carboxylic acids is 1. The van der Waals surface area contributed by atoms with Crippen molar-refractivity contribution in [3.63, 3.8) is 0 Å². The highest BCUT2D eigenvalue weighted by Crippen LogP contribution is 2.29. The van der Waals surface area contributed by atoms with E-state index in [0.29, 0.717) is 5.57 Å². The smallest absolute Gasteiger partial charge is 0.331 e. The average Bonchev–Trinajstić information content (AvgIpc) is 2.15. The number of hydrogen-bond acceptors (Lipinski definition) is 1. The van der Waals surface area contributed by atoms with Gasteiger partial charge in [-0.25, -0.2) is 4.79 Å². The Morgan fingerprint density at radius 3 is 2.38 bits per heavy atom. The van der Waals surface area contributed by atoms with Crippen LogP contribution >= 0.6 is 0 Å². The molecule has 0 saturated heterocycles. The molecule has 0 spiro atoms. The fraction of sp³-hybridized carbons (Fsp3) is 0.545. The molecule has 2 heteroatoms. The van der Waals surface area contributed by atoms with Gasteiger partial charge < -0.3 is 5.11 Å². The molecule has 0 heterocycles. The standard InChI is InChI=1S/C11H16O2/c1-2-6-10(11(12)13)9-7-4-3-5-8-9/h2,6,9H,1,3-5,7-8H2,(H,12,13). The zero-order valence-electron chi connectivity index (χ0n) is 7.83. The van der Waals surface area contributed by atoms with Crippen molar-refractivity contribution in [2.24, 2.45) is 5.92 Å². The van der Waals surface area contributed by atoms with Gasteiger partial charge in [-0.15, -0.1) is 0 Å². The average molecular weight is 180 g/mol. The van der Waals surface area contributed by atoms with Crippen LogP contribution in [0.5, 0.6) is 0 Å². The van der Waals surface area contributed by atoms with Crippen molar-refractivity contribution in [2.75, 3.05) is 0 Å². The number of carbonyl (C=O) groups is 1. The molecule has 0 radical (unpaired) electrons. The van der Waals surface area contributed by atoms with Crippen molar-refractivity contribution in [3.05, 3.63) is 24.3 Å². The predicted molar refractivity (Wildman–Crippen MR) is 52.5 cm³/mol. The van der Waals surface area contributed by atoms with E-state index < -0.39 is 5.97 Å². The van der Waals surface area contributed by atoms with Gasteiger partial charge in [0, 0.05) is 5.57 Å². The maximum Gasteiger partial charge on any atom is 0.331 e. The molecule has 1 rings (SSSR count). The van der Waals surface area contributed by atoms with Crippen LogP contribution in [0.2, 0.25) is 0 Å². The summed E-state index contributed by atoms with van der Waals surface area (Å²) < 4.78 is 0. The van der Waals surface area contributed by atoms with Gasteiger partial charge in [-0.3, -0.25) is 0 Å². The molecular formula is C11H16O2. The molecule has 0 aliphatic heterocycles. The molecule has 2 nitrogen and oxygen atoms in total. The first-order valence-corrected chi connectivity index (χ1v) is 4.81. The van der Waals surface area contributed by atoms with E-state index in [2.05, 4.69) is 6.58 Å². The van der Waals surface area contributed by atoms with Crippen molar-refractivity contribution in [1.29, 1.82) is 0 Å². The molecule has 1 fully saturated rings. The zero-order chi connectivity index (χ0) is 9.68. The van der Waals surface area contributed by atoms with Gasteiger partial charge in [0.1, 0.15) is 0 Å². The summed E-state index contributed by atoms with van der Waals surface area (Å²) in [6, 6.07) is 0. The van der Waals surface area contributed by atoms with E-state index in [1.54, 1.807) is 12.2 Å². The molecule has 13 heavy (non-hydrogen) atoms. The number of allylic oxidation sites excluding steroid dienone is 2. The monoisotopic (exact) mass is 180 g/mol. The summed E-state index contributed by atoms with van der Waals surface area (Å²) in [5, 5.41) is 8.94. The Labute approximate surface area is 79.0 Å². The molecule has 1 aliphatic rings. The van der Waals surface area contributed by atoms with Crippen LogP contribution in [0.1, 0.15) is 32.1 Å². The lowest BCUT2D eigenvalue weighted by Crippen LogP contribution is -2.15. The molecule has 1 N–H and O–H groups in total. The lowest BCUT2D eigenvalue weighted by atomic mass is 9.83. The zero-order valence-corrected chi connectivity index (χ0v) is 7.83. The highest BCUT2D eigenvalue weighted by Gasteiger charge is 2.21. The maximum absolute atomic E-state index is 10.9. The predicted octanol–water partition coefficient (Wildman–Crippen LogP) is 2.76. The van der Waals surface area contributed by atoms with E-state index in [1.807, 2.05) is 0 Å². The second-order valence-electron chi connectivity index (χ2n) is 3.50. The summed E-state index contributed by atoms with van der Waals surface area (Å²) in [6.07, 6.45) is 8.81. The molecule has 0 aromatic carbocycles. The quantitative estimate of drug-likeness (QED) is 0.535. The minimum absolute atomic E-state index is 0.254. The highest BCUT2D eigenvalue weighted by molar-refractivity contribution is 5.87. The Morgan fingerprint density at radius 1 is 1.31 bits per heavy atom. The molecule has 0 bridgehead atoms.